The molecule has 0 unspecified atom stereocenters. The van der Waals surface area contributed by atoms with Crippen LogP contribution >= 0.6 is 0 Å². The standard InChI is InChI=1S/C20H27F2N7O/c1-4-29-9-7-14(8-10-29)25-18(23-2)28-19(24-3)26-15-6-5-13-12-20(21,22)17(30)27-16(13)11-15/h5-6,11,14H,2,4,7-10,12H2,1,3H3,(H,27,30)(H2,24,25,26,28). The third kappa shape index (κ3) is 5.18. The molecule has 0 aliphatic carbocycles. The number of fused-ring (bicyclic) bond motifs is 1. The van der Waals surface area contributed by atoms with Crippen molar-refractivity contribution in [2.45, 2.75) is 38.2 Å². The number of nitrogens with one attached hydrogen (secondary N) is 3. The Morgan fingerprint density at radius 3 is 2.73 bits per heavy atom. The van der Waals surface area contributed by atoms with Gasteiger partial charge in [-0.05, 0) is 43.8 Å². The van der Waals surface area contributed by atoms with E-state index < -0.39 is 18.3 Å². The van der Waals surface area contributed by atoms with Gasteiger partial charge in [-0.3, -0.25) is 15.1 Å². The molecular formula is C20H27F2N7O. The molecular weight excluding hydrogens is 392 g/mol. The SMILES string of the molecule is C=NC(=NC1CCN(CC)CC1)NC(=NC)Nc1ccc2c(c1)NC(=O)C(F)(F)C2. The van der Waals surface area contributed by atoms with E-state index in [2.05, 4.69) is 49.5 Å². The van der Waals surface area contributed by atoms with E-state index in [0.29, 0.717) is 28.9 Å². The highest BCUT2D eigenvalue weighted by Crippen LogP contribution is 2.33. The van der Waals surface area contributed by atoms with Crippen molar-refractivity contribution < 1.29 is 13.6 Å². The van der Waals surface area contributed by atoms with E-state index in [1.807, 2.05) is 0 Å². The molecule has 162 valence electrons. The summed E-state index contributed by atoms with van der Waals surface area (Å²) in [6, 6.07) is 4.96. The molecule has 2 aliphatic rings. The second-order valence-electron chi connectivity index (χ2n) is 7.31. The number of rotatable bonds is 3. The predicted octanol–water partition coefficient (Wildman–Crippen LogP) is 2.34. The minimum Gasteiger partial charge on any atom is -0.326 e. The fourth-order valence-electron chi connectivity index (χ4n) is 3.49. The van der Waals surface area contributed by atoms with E-state index in [4.69, 9.17) is 0 Å². The van der Waals surface area contributed by atoms with Crippen molar-refractivity contribution >= 4 is 35.9 Å². The zero-order valence-electron chi connectivity index (χ0n) is 17.2. The maximum atomic E-state index is 13.6. The number of carbonyl (C=O) groups excluding carboxylic acids is 1. The minimum absolute atomic E-state index is 0.166. The second kappa shape index (κ2) is 9.29. The van der Waals surface area contributed by atoms with Crippen LogP contribution in [0.5, 0.6) is 0 Å². The summed E-state index contributed by atoms with van der Waals surface area (Å²) in [4.78, 5) is 26.7. The third-order valence-corrected chi connectivity index (χ3v) is 5.28. The Hall–Kier alpha value is -2.88. The Bertz CT molecular complexity index is 861. The van der Waals surface area contributed by atoms with Crippen LogP contribution in [0.4, 0.5) is 20.2 Å². The van der Waals surface area contributed by atoms with E-state index in [0.717, 1.165) is 32.5 Å². The van der Waals surface area contributed by atoms with Gasteiger partial charge in [0, 0.05) is 37.9 Å². The number of hydrogen-bond donors (Lipinski definition) is 3. The Labute approximate surface area is 174 Å². The molecule has 0 atom stereocenters. The number of anilines is 2. The van der Waals surface area contributed by atoms with Gasteiger partial charge in [0.15, 0.2) is 0 Å². The Balaban J connectivity index is 1.65. The topological polar surface area (TPSA) is 93.5 Å². The average Bonchev–Trinajstić information content (AvgIpc) is 2.74. The van der Waals surface area contributed by atoms with Crippen LogP contribution in [-0.2, 0) is 11.2 Å². The Kier molecular flexibility index (Phi) is 6.76. The maximum Gasteiger partial charge on any atom is 0.328 e. The summed E-state index contributed by atoms with van der Waals surface area (Å²) >= 11 is 0. The van der Waals surface area contributed by atoms with E-state index in [-0.39, 0.29) is 6.04 Å². The fourth-order valence-corrected chi connectivity index (χ4v) is 3.49. The van der Waals surface area contributed by atoms with Crippen LogP contribution < -0.4 is 16.0 Å². The van der Waals surface area contributed by atoms with Gasteiger partial charge in [-0.25, -0.2) is 9.98 Å². The molecule has 1 amide bonds. The lowest BCUT2D eigenvalue weighted by Crippen LogP contribution is -2.40. The smallest absolute Gasteiger partial charge is 0.326 e. The molecule has 30 heavy (non-hydrogen) atoms. The van der Waals surface area contributed by atoms with Gasteiger partial charge in [-0.1, -0.05) is 13.0 Å². The molecule has 0 saturated carbocycles. The molecule has 0 spiro atoms. The summed E-state index contributed by atoms with van der Waals surface area (Å²) < 4.78 is 27.1. The number of halogens is 2. The van der Waals surface area contributed by atoms with Crippen LogP contribution in [0.1, 0.15) is 25.3 Å². The first-order chi connectivity index (χ1) is 14.3. The van der Waals surface area contributed by atoms with Crippen LogP contribution in [-0.4, -0.2) is 68.1 Å². The average molecular weight is 419 g/mol. The van der Waals surface area contributed by atoms with Gasteiger partial charge >= 0.3 is 5.92 Å². The van der Waals surface area contributed by atoms with Gasteiger partial charge in [0.25, 0.3) is 5.91 Å². The molecule has 3 rings (SSSR count). The molecule has 1 aromatic rings. The van der Waals surface area contributed by atoms with E-state index in [1.165, 1.54) is 0 Å². The van der Waals surface area contributed by atoms with Gasteiger partial charge in [0.05, 0.1) is 6.04 Å². The lowest BCUT2D eigenvalue weighted by atomic mass is 10.00. The van der Waals surface area contributed by atoms with Crippen molar-refractivity contribution in [1.82, 2.24) is 10.2 Å². The molecule has 0 radical (unpaired) electrons. The molecule has 0 bridgehead atoms. The normalized spacial score (nSPS) is 20.3. The van der Waals surface area contributed by atoms with Crippen molar-refractivity contribution in [1.29, 1.82) is 0 Å². The monoisotopic (exact) mass is 419 g/mol. The highest BCUT2D eigenvalue weighted by Gasteiger charge is 2.43. The van der Waals surface area contributed by atoms with Crippen LogP contribution in [0, 0.1) is 0 Å². The van der Waals surface area contributed by atoms with E-state index in [1.54, 1.807) is 25.2 Å². The first-order valence-corrected chi connectivity index (χ1v) is 9.94. The van der Waals surface area contributed by atoms with E-state index >= 15 is 0 Å². The number of alkyl halides is 2. The molecule has 8 nitrogen and oxygen atoms in total. The van der Waals surface area contributed by atoms with Gasteiger partial charge in [-0.15, -0.1) is 0 Å². The molecule has 2 heterocycles. The number of carbonyl (C=O) groups is 1. The minimum atomic E-state index is -3.40. The summed E-state index contributed by atoms with van der Waals surface area (Å²) in [7, 11) is 1.59. The van der Waals surface area contributed by atoms with Crippen molar-refractivity contribution in [2.24, 2.45) is 15.0 Å². The van der Waals surface area contributed by atoms with E-state index in [9.17, 15) is 13.6 Å². The highest BCUT2D eigenvalue weighted by molar-refractivity contribution is 6.07. The van der Waals surface area contributed by atoms with Crippen molar-refractivity contribution in [2.75, 3.05) is 37.3 Å². The molecule has 1 saturated heterocycles. The lowest BCUT2D eigenvalue weighted by molar-refractivity contribution is -0.140. The number of guanidine groups is 2. The Morgan fingerprint density at radius 2 is 2.10 bits per heavy atom. The fraction of sp³-hybridized carbons (Fsp3) is 0.500. The zero-order valence-corrected chi connectivity index (χ0v) is 17.2. The molecule has 10 heteroatoms. The van der Waals surface area contributed by atoms with Crippen LogP contribution in [0.25, 0.3) is 0 Å². The number of benzene rings is 1. The van der Waals surface area contributed by atoms with Crippen molar-refractivity contribution in [3.05, 3.63) is 23.8 Å². The van der Waals surface area contributed by atoms with Gasteiger partial charge < -0.3 is 15.5 Å². The number of amides is 1. The maximum absolute atomic E-state index is 13.6. The summed E-state index contributed by atoms with van der Waals surface area (Å²) in [6.07, 6.45) is 1.29. The summed E-state index contributed by atoms with van der Waals surface area (Å²) in [5.74, 6) is -3.95. The highest BCUT2D eigenvalue weighted by atomic mass is 19.3. The molecule has 1 aromatic carbocycles. The molecule has 3 N–H and O–H groups in total. The summed E-state index contributed by atoms with van der Waals surface area (Å²) in [5.41, 5.74) is 1.30. The lowest BCUT2D eigenvalue weighted by Gasteiger charge is -2.29. The third-order valence-electron chi connectivity index (χ3n) is 5.28. The quantitative estimate of drug-likeness (QED) is 0.518. The van der Waals surface area contributed by atoms with Crippen molar-refractivity contribution in [3.63, 3.8) is 0 Å². The number of piperidine rings is 1. The molecule has 2 aliphatic heterocycles. The van der Waals surface area contributed by atoms with Crippen molar-refractivity contribution in [3.8, 4) is 0 Å². The van der Waals surface area contributed by atoms with Gasteiger partial charge in [0.2, 0.25) is 11.9 Å². The number of nitrogens with zero attached hydrogens (tertiary/aromatic N) is 4. The number of aliphatic imine (C=N–C) groups is 3. The first kappa shape index (κ1) is 21.8. The van der Waals surface area contributed by atoms with Crippen LogP contribution in [0.15, 0.2) is 33.2 Å². The van der Waals surface area contributed by atoms with Crippen LogP contribution in [0.2, 0.25) is 0 Å². The number of likely N-dealkylation sites (tertiary alicyclic amines) is 1. The largest absolute Gasteiger partial charge is 0.328 e. The second-order valence-corrected chi connectivity index (χ2v) is 7.31. The van der Waals surface area contributed by atoms with Gasteiger partial charge in [-0.2, -0.15) is 8.78 Å². The summed E-state index contributed by atoms with van der Waals surface area (Å²) in [5, 5.41) is 8.32. The Morgan fingerprint density at radius 1 is 1.37 bits per heavy atom. The molecule has 1 fully saturated rings. The van der Waals surface area contributed by atoms with Gasteiger partial charge in [0.1, 0.15) is 0 Å². The molecule has 0 aromatic heterocycles. The van der Waals surface area contributed by atoms with Crippen LogP contribution in [0.3, 0.4) is 0 Å². The first-order valence-electron chi connectivity index (χ1n) is 9.94. The summed E-state index contributed by atoms with van der Waals surface area (Å²) in [6.45, 7) is 8.77. The zero-order chi connectivity index (χ0) is 21.7. The number of hydrogen-bond acceptors (Lipinski definition) is 4. The predicted molar refractivity (Wildman–Crippen MR) is 116 cm³/mol.